The summed E-state index contributed by atoms with van der Waals surface area (Å²) in [6.07, 6.45) is 3.09. The lowest BCUT2D eigenvalue weighted by Gasteiger charge is -2.13. The third kappa shape index (κ3) is 2.23. The second-order valence-corrected chi connectivity index (χ2v) is 5.44. The molecule has 0 amide bonds. The van der Waals surface area contributed by atoms with Gasteiger partial charge in [-0.25, -0.2) is 4.98 Å². The molecule has 1 saturated heterocycles. The first-order chi connectivity index (χ1) is 6.77. The summed E-state index contributed by atoms with van der Waals surface area (Å²) in [4.78, 5) is 4.34. The zero-order valence-corrected chi connectivity index (χ0v) is 10.5. The van der Waals surface area contributed by atoms with E-state index in [4.69, 9.17) is 0 Å². The molecule has 1 fully saturated rings. The quantitative estimate of drug-likeness (QED) is 0.896. The predicted octanol–water partition coefficient (Wildman–Crippen LogP) is 3.07. The van der Waals surface area contributed by atoms with E-state index in [1.165, 1.54) is 23.5 Å². The summed E-state index contributed by atoms with van der Waals surface area (Å²) in [6.45, 7) is 2.08. The molecule has 76 valence electrons. The SMILES string of the molecule is Cc1ccnc(NC2CCSC2)c1Br. The minimum Gasteiger partial charge on any atom is -0.366 e. The summed E-state index contributed by atoms with van der Waals surface area (Å²) in [5.41, 5.74) is 1.23. The van der Waals surface area contributed by atoms with E-state index in [0.29, 0.717) is 6.04 Å². The number of rotatable bonds is 2. The van der Waals surface area contributed by atoms with E-state index in [9.17, 15) is 0 Å². The molecule has 0 spiro atoms. The van der Waals surface area contributed by atoms with Crippen LogP contribution in [0.1, 0.15) is 12.0 Å². The predicted molar refractivity (Wildman–Crippen MR) is 66.0 cm³/mol. The van der Waals surface area contributed by atoms with Crippen LogP contribution >= 0.6 is 27.7 Å². The molecular formula is C10H13BrN2S. The maximum Gasteiger partial charge on any atom is 0.140 e. The molecule has 2 nitrogen and oxygen atoms in total. The van der Waals surface area contributed by atoms with Gasteiger partial charge in [0.25, 0.3) is 0 Å². The van der Waals surface area contributed by atoms with Crippen LogP contribution in [-0.4, -0.2) is 22.5 Å². The van der Waals surface area contributed by atoms with E-state index < -0.39 is 0 Å². The van der Waals surface area contributed by atoms with Gasteiger partial charge in [-0.15, -0.1) is 0 Å². The fourth-order valence-electron chi connectivity index (χ4n) is 1.48. The Bertz CT molecular complexity index is 324. The summed E-state index contributed by atoms with van der Waals surface area (Å²) in [5, 5.41) is 3.47. The van der Waals surface area contributed by atoms with Gasteiger partial charge in [-0.2, -0.15) is 11.8 Å². The number of aryl methyl sites for hydroxylation is 1. The number of hydrogen-bond donors (Lipinski definition) is 1. The highest BCUT2D eigenvalue weighted by Gasteiger charge is 2.16. The molecule has 0 bridgehead atoms. The average molecular weight is 273 g/mol. The number of thioether (sulfide) groups is 1. The molecule has 1 atom stereocenters. The van der Waals surface area contributed by atoms with Crippen molar-refractivity contribution < 1.29 is 0 Å². The van der Waals surface area contributed by atoms with Gasteiger partial charge in [-0.1, -0.05) is 0 Å². The van der Waals surface area contributed by atoms with Crippen LogP contribution in [0.2, 0.25) is 0 Å². The van der Waals surface area contributed by atoms with Crippen LogP contribution in [0.25, 0.3) is 0 Å². The molecule has 14 heavy (non-hydrogen) atoms. The zero-order chi connectivity index (χ0) is 9.97. The minimum atomic E-state index is 0.589. The van der Waals surface area contributed by atoms with Gasteiger partial charge >= 0.3 is 0 Å². The standard InChI is InChI=1S/C10H13BrN2S/c1-7-2-4-12-10(9(7)11)13-8-3-5-14-6-8/h2,4,8H,3,5-6H2,1H3,(H,12,13). The summed E-state index contributed by atoms with van der Waals surface area (Å²) in [7, 11) is 0. The molecule has 1 unspecified atom stereocenters. The Balaban J connectivity index is 2.11. The van der Waals surface area contributed by atoms with Crippen molar-refractivity contribution in [3.8, 4) is 0 Å². The number of nitrogens with one attached hydrogen (secondary N) is 1. The Morgan fingerprint density at radius 3 is 3.21 bits per heavy atom. The molecule has 2 heterocycles. The van der Waals surface area contributed by atoms with E-state index in [-0.39, 0.29) is 0 Å². The molecule has 2 rings (SSSR count). The molecule has 4 heteroatoms. The second-order valence-electron chi connectivity index (χ2n) is 3.50. The number of nitrogens with zero attached hydrogens (tertiary/aromatic N) is 1. The van der Waals surface area contributed by atoms with Gasteiger partial charge in [-0.3, -0.25) is 0 Å². The van der Waals surface area contributed by atoms with Crippen molar-refractivity contribution in [1.82, 2.24) is 4.98 Å². The van der Waals surface area contributed by atoms with Crippen molar-refractivity contribution in [2.45, 2.75) is 19.4 Å². The second kappa shape index (κ2) is 4.53. The van der Waals surface area contributed by atoms with Crippen LogP contribution in [0.4, 0.5) is 5.82 Å². The van der Waals surface area contributed by atoms with Gasteiger partial charge in [0.15, 0.2) is 0 Å². The Kier molecular flexibility index (Phi) is 3.34. The zero-order valence-electron chi connectivity index (χ0n) is 8.09. The maximum absolute atomic E-state index is 4.34. The maximum atomic E-state index is 4.34. The van der Waals surface area contributed by atoms with Crippen LogP contribution < -0.4 is 5.32 Å². The Morgan fingerprint density at radius 1 is 1.64 bits per heavy atom. The van der Waals surface area contributed by atoms with Crippen molar-refractivity contribution in [2.24, 2.45) is 0 Å². The monoisotopic (exact) mass is 272 g/mol. The molecule has 0 radical (unpaired) electrons. The van der Waals surface area contributed by atoms with E-state index in [2.05, 4.69) is 33.2 Å². The van der Waals surface area contributed by atoms with Crippen molar-refractivity contribution >= 4 is 33.5 Å². The van der Waals surface area contributed by atoms with Gasteiger partial charge in [0.05, 0.1) is 4.47 Å². The van der Waals surface area contributed by atoms with Gasteiger partial charge in [0.2, 0.25) is 0 Å². The van der Waals surface area contributed by atoms with Crippen LogP contribution in [0.5, 0.6) is 0 Å². The number of halogens is 1. The lowest BCUT2D eigenvalue weighted by Crippen LogP contribution is -2.19. The lowest BCUT2D eigenvalue weighted by atomic mass is 10.2. The summed E-state index contributed by atoms with van der Waals surface area (Å²) in [6, 6.07) is 2.60. The highest BCUT2D eigenvalue weighted by atomic mass is 79.9. The van der Waals surface area contributed by atoms with E-state index in [1.54, 1.807) is 0 Å². The molecule has 0 saturated carbocycles. The van der Waals surface area contributed by atoms with Crippen LogP contribution in [-0.2, 0) is 0 Å². The van der Waals surface area contributed by atoms with Crippen molar-refractivity contribution in [2.75, 3.05) is 16.8 Å². The molecule has 0 aromatic carbocycles. The first-order valence-electron chi connectivity index (χ1n) is 4.73. The fourth-order valence-corrected chi connectivity index (χ4v) is 2.98. The number of aromatic nitrogens is 1. The van der Waals surface area contributed by atoms with Crippen molar-refractivity contribution in [3.05, 3.63) is 22.3 Å². The molecule has 1 aliphatic rings. The molecule has 0 aliphatic carbocycles. The molecule has 1 aromatic rings. The number of pyridine rings is 1. The smallest absolute Gasteiger partial charge is 0.140 e. The van der Waals surface area contributed by atoms with Crippen LogP contribution in [0, 0.1) is 6.92 Å². The van der Waals surface area contributed by atoms with Crippen molar-refractivity contribution in [1.29, 1.82) is 0 Å². The van der Waals surface area contributed by atoms with E-state index in [0.717, 1.165) is 10.3 Å². The van der Waals surface area contributed by atoms with Crippen LogP contribution in [0.15, 0.2) is 16.7 Å². The topological polar surface area (TPSA) is 24.9 Å². The number of hydrogen-bond acceptors (Lipinski definition) is 3. The Labute approximate surface area is 97.0 Å². The third-order valence-electron chi connectivity index (χ3n) is 2.35. The highest BCUT2D eigenvalue weighted by molar-refractivity contribution is 9.10. The Morgan fingerprint density at radius 2 is 2.50 bits per heavy atom. The first kappa shape index (κ1) is 10.3. The van der Waals surface area contributed by atoms with Gasteiger partial charge in [0, 0.05) is 18.0 Å². The third-order valence-corrected chi connectivity index (χ3v) is 4.52. The average Bonchev–Trinajstić information content (AvgIpc) is 2.66. The molecule has 1 N–H and O–H groups in total. The van der Waals surface area contributed by atoms with E-state index >= 15 is 0 Å². The van der Waals surface area contributed by atoms with Crippen molar-refractivity contribution in [3.63, 3.8) is 0 Å². The lowest BCUT2D eigenvalue weighted by molar-refractivity contribution is 0.805. The first-order valence-corrected chi connectivity index (χ1v) is 6.67. The molecule has 1 aliphatic heterocycles. The normalized spacial score (nSPS) is 21.1. The summed E-state index contributed by atoms with van der Waals surface area (Å²) < 4.78 is 1.09. The summed E-state index contributed by atoms with van der Waals surface area (Å²) in [5.74, 6) is 3.45. The van der Waals surface area contributed by atoms with Gasteiger partial charge in [0.1, 0.15) is 5.82 Å². The van der Waals surface area contributed by atoms with Gasteiger partial charge in [-0.05, 0) is 46.7 Å². The number of anilines is 1. The fraction of sp³-hybridized carbons (Fsp3) is 0.500. The molecule has 1 aromatic heterocycles. The highest BCUT2D eigenvalue weighted by Crippen LogP contribution is 2.27. The minimum absolute atomic E-state index is 0.589. The largest absolute Gasteiger partial charge is 0.366 e. The van der Waals surface area contributed by atoms with Gasteiger partial charge < -0.3 is 5.32 Å². The molecular weight excluding hydrogens is 260 g/mol. The Hall–Kier alpha value is -0.220. The summed E-state index contributed by atoms with van der Waals surface area (Å²) >= 11 is 5.56. The van der Waals surface area contributed by atoms with E-state index in [1.807, 2.05) is 24.0 Å². The van der Waals surface area contributed by atoms with Crippen LogP contribution in [0.3, 0.4) is 0 Å².